The monoisotopic (exact) mass is 226 g/mol. The zero-order valence-corrected chi connectivity index (χ0v) is 8.83. The summed E-state index contributed by atoms with van der Waals surface area (Å²) in [6.45, 7) is 2.31. The minimum atomic E-state index is -0.123. The first-order valence-corrected chi connectivity index (χ1v) is 5.47. The van der Waals surface area contributed by atoms with Gasteiger partial charge in [-0.2, -0.15) is 0 Å². The van der Waals surface area contributed by atoms with Crippen LogP contribution in [0.2, 0.25) is 0 Å². The van der Waals surface area contributed by atoms with E-state index in [0.717, 1.165) is 0 Å². The van der Waals surface area contributed by atoms with Crippen LogP contribution < -0.4 is 0 Å². The molecule has 6 heteroatoms. The summed E-state index contributed by atoms with van der Waals surface area (Å²) < 4.78 is 5.14. The second-order valence-corrected chi connectivity index (χ2v) is 3.98. The maximum absolute atomic E-state index is 11.8. The summed E-state index contributed by atoms with van der Waals surface area (Å²) in [5.41, 5.74) is 0.351. The molecule has 0 aliphatic carbocycles. The Morgan fingerprint density at radius 2 is 2.27 bits per heavy atom. The molecule has 0 saturated carbocycles. The van der Waals surface area contributed by atoms with Crippen LogP contribution in [0.1, 0.15) is 20.3 Å². The maximum Gasteiger partial charge on any atom is 0.273 e. The van der Waals surface area contributed by atoms with Crippen molar-refractivity contribution in [3.8, 4) is 0 Å². The molecule has 1 aromatic rings. The van der Waals surface area contributed by atoms with Gasteiger partial charge in [0.1, 0.15) is 5.69 Å². The number of amides is 1. The van der Waals surface area contributed by atoms with Crippen LogP contribution in [0.15, 0.2) is 5.38 Å². The number of carbonyl (C=O) groups excluding carboxylic acids is 2. The summed E-state index contributed by atoms with van der Waals surface area (Å²) in [5.74, 6) is -0.123. The third-order valence-corrected chi connectivity index (χ3v) is 2.91. The van der Waals surface area contributed by atoms with Crippen molar-refractivity contribution in [2.24, 2.45) is 0 Å². The van der Waals surface area contributed by atoms with E-state index < -0.39 is 0 Å². The molecule has 15 heavy (non-hydrogen) atoms. The maximum atomic E-state index is 11.8. The van der Waals surface area contributed by atoms with Crippen LogP contribution in [0.5, 0.6) is 0 Å². The van der Waals surface area contributed by atoms with Gasteiger partial charge in [0.25, 0.3) is 5.91 Å². The van der Waals surface area contributed by atoms with E-state index in [-0.39, 0.29) is 5.91 Å². The van der Waals surface area contributed by atoms with Gasteiger partial charge >= 0.3 is 0 Å². The average Bonchev–Trinajstić information content (AvgIpc) is 2.78. The largest absolute Gasteiger partial charge is 0.378 e. The molecular weight excluding hydrogens is 216 g/mol. The summed E-state index contributed by atoms with van der Waals surface area (Å²) in [4.78, 5) is 27.9. The van der Waals surface area contributed by atoms with Crippen molar-refractivity contribution in [3.63, 3.8) is 0 Å². The van der Waals surface area contributed by atoms with Gasteiger partial charge in [0.2, 0.25) is 0 Å². The van der Waals surface area contributed by atoms with Crippen molar-refractivity contribution >= 4 is 23.5 Å². The highest BCUT2D eigenvalue weighted by Crippen LogP contribution is 2.11. The van der Waals surface area contributed by atoms with E-state index in [1.54, 1.807) is 10.3 Å². The smallest absolute Gasteiger partial charge is 0.273 e. The number of carbonyl (C=O) groups is 2. The summed E-state index contributed by atoms with van der Waals surface area (Å²) in [6, 6.07) is 0. The molecule has 1 saturated heterocycles. The Labute approximate surface area is 90.7 Å². The molecule has 1 aliphatic heterocycles. The van der Waals surface area contributed by atoms with Crippen molar-refractivity contribution in [3.05, 3.63) is 16.1 Å². The Morgan fingerprint density at radius 1 is 1.53 bits per heavy atom. The zero-order valence-electron chi connectivity index (χ0n) is 8.01. The van der Waals surface area contributed by atoms with Crippen LogP contribution in [0.25, 0.3) is 0 Å². The second kappa shape index (κ2) is 4.50. The molecule has 2 heterocycles. The molecule has 0 N–H and O–H groups in total. The SMILES string of the molecule is O=Cc1nc(C(=O)N2CCOCC2)cs1. The Kier molecular flexibility index (Phi) is 3.08. The third-order valence-electron chi connectivity index (χ3n) is 2.14. The number of hydrogen-bond donors (Lipinski definition) is 0. The predicted molar refractivity (Wildman–Crippen MR) is 54.2 cm³/mol. The molecular formula is C9H10N2O3S. The predicted octanol–water partition coefficient (Wildman–Crippen LogP) is 0.428. The molecule has 1 amide bonds. The summed E-state index contributed by atoms with van der Waals surface area (Å²) in [7, 11) is 0. The number of hydrogen-bond acceptors (Lipinski definition) is 5. The van der Waals surface area contributed by atoms with E-state index in [4.69, 9.17) is 4.74 Å². The first-order chi connectivity index (χ1) is 7.31. The number of rotatable bonds is 2. The van der Waals surface area contributed by atoms with Gasteiger partial charge in [0.05, 0.1) is 13.2 Å². The van der Waals surface area contributed by atoms with Gasteiger partial charge < -0.3 is 9.64 Å². The van der Waals surface area contributed by atoms with Crippen molar-refractivity contribution in [1.29, 1.82) is 0 Å². The molecule has 1 fully saturated rings. The number of nitrogens with zero attached hydrogens (tertiary/aromatic N) is 2. The van der Waals surface area contributed by atoms with E-state index in [1.165, 1.54) is 11.3 Å². The van der Waals surface area contributed by atoms with Gasteiger partial charge in [-0.3, -0.25) is 9.59 Å². The summed E-state index contributed by atoms with van der Waals surface area (Å²) in [6.07, 6.45) is 0.654. The lowest BCUT2D eigenvalue weighted by Crippen LogP contribution is -2.40. The van der Waals surface area contributed by atoms with E-state index >= 15 is 0 Å². The lowest BCUT2D eigenvalue weighted by atomic mass is 10.3. The van der Waals surface area contributed by atoms with E-state index in [2.05, 4.69) is 4.98 Å². The van der Waals surface area contributed by atoms with Crippen LogP contribution in [0, 0.1) is 0 Å². The topological polar surface area (TPSA) is 59.5 Å². The lowest BCUT2D eigenvalue weighted by Gasteiger charge is -2.25. The van der Waals surface area contributed by atoms with Crippen LogP contribution in [-0.2, 0) is 4.74 Å². The van der Waals surface area contributed by atoms with Crippen LogP contribution in [0.4, 0.5) is 0 Å². The highest BCUT2D eigenvalue weighted by Gasteiger charge is 2.20. The highest BCUT2D eigenvalue weighted by atomic mass is 32.1. The number of ether oxygens (including phenoxy) is 1. The van der Waals surface area contributed by atoms with Gasteiger partial charge in [-0.15, -0.1) is 11.3 Å². The molecule has 0 radical (unpaired) electrons. The Balaban J connectivity index is 2.08. The van der Waals surface area contributed by atoms with E-state index in [9.17, 15) is 9.59 Å². The van der Waals surface area contributed by atoms with Crippen molar-refractivity contribution in [2.75, 3.05) is 26.3 Å². The molecule has 1 aromatic heterocycles. The zero-order chi connectivity index (χ0) is 10.7. The molecule has 0 aromatic carbocycles. The molecule has 80 valence electrons. The molecule has 0 spiro atoms. The van der Waals surface area contributed by atoms with Crippen LogP contribution >= 0.6 is 11.3 Å². The van der Waals surface area contributed by atoms with Crippen LogP contribution in [0.3, 0.4) is 0 Å². The van der Waals surface area contributed by atoms with Gasteiger partial charge in [0.15, 0.2) is 11.3 Å². The quantitative estimate of drug-likeness (QED) is 0.686. The fourth-order valence-corrected chi connectivity index (χ4v) is 1.96. The summed E-state index contributed by atoms with van der Waals surface area (Å²) in [5, 5.41) is 1.95. The fourth-order valence-electron chi connectivity index (χ4n) is 1.37. The summed E-state index contributed by atoms with van der Waals surface area (Å²) >= 11 is 1.18. The van der Waals surface area contributed by atoms with Gasteiger partial charge in [-0.1, -0.05) is 0 Å². The molecule has 1 aliphatic rings. The third kappa shape index (κ3) is 2.21. The molecule has 5 nitrogen and oxygen atoms in total. The minimum absolute atomic E-state index is 0.123. The first-order valence-electron chi connectivity index (χ1n) is 4.59. The molecule has 0 atom stereocenters. The second-order valence-electron chi connectivity index (χ2n) is 3.09. The van der Waals surface area contributed by atoms with Gasteiger partial charge in [-0.25, -0.2) is 4.98 Å². The number of morpholine rings is 1. The van der Waals surface area contributed by atoms with Crippen molar-refractivity contribution in [1.82, 2.24) is 9.88 Å². The van der Waals surface area contributed by atoms with E-state index in [0.29, 0.717) is 43.3 Å². The van der Waals surface area contributed by atoms with Gasteiger partial charge in [-0.05, 0) is 0 Å². The van der Waals surface area contributed by atoms with Crippen molar-refractivity contribution < 1.29 is 14.3 Å². The van der Waals surface area contributed by atoms with E-state index in [1.807, 2.05) is 0 Å². The minimum Gasteiger partial charge on any atom is -0.378 e. The molecule has 2 rings (SSSR count). The fraction of sp³-hybridized carbons (Fsp3) is 0.444. The lowest BCUT2D eigenvalue weighted by molar-refractivity contribution is 0.0299. The molecule has 0 bridgehead atoms. The van der Waals surface area contributed by atoms with Gasteiger partial charge in [0, 0.05) is 18.5 Å². The number of aldehydes is 1. The average molecular weight is 226 g/mol. The first kappa shape index (κ1) is 10.3. The Hall–Kier alpha value is -1.27. The highest BCUT2D eigenvalue weighted by molar-refractivity contribution is 7.11. The van der Waals surface area contributed by atoms with Crippen LogP contribution in [-0.4, -0.2) is 48.4 Å². The molecule has 0 unspecified atom stereocenters. The number of aromatic nitrogens is 1. The Morgan fingerprint density at radius 3 is 2.87 bits per heavy atom. The van der Waals surface area contributed by atoms with Crippen molar-refractivity contribution in [2.45, 2.75) is 0 Å². The normalized spacial score (nSPS) is 16.4. The number of thiazole rings is 1. The Bertz CT molecular complexity index is 371. The standard InChI is InChI=1S/C9H10N2O3S/c12-5-8-10-7(6-15-8)9(13)11-1-3-14-4-2-11/h5-6H,1-4H2.